The average molecular weight is 421 g/mol. The Labute approximate surface area is 182 Å². The van der Waals surface area contributed by atoms with Crippen LogP contribution in [0.3, 0.4) is 0 Å². The van der Waals surface area contributed by atoms with Gasteiger partial charge in [-0.1, -0.05) is 71.9 Å². The molecule has 0 unspecified atom stereocenters. The summed E-state index contributed by atoms with van der Waals surface area (Å²) in [7, 11) is 0. The number of piperidine rings is 1. The lowest BCUT2D eigenvalue weighted by molar-refractivity contribution is -0.131. The second-order valence-electron chi connectivity index (χ2n) is 8.05. The number of H-pyrrole nitrogens is 1. The molecule has 3 aromatic rings. The third-order valence-electron chi connectivity index (χ3n) is 5.71. The number of rotatable bonds is 6. The summed E-state index contributed by atoms with van der Waals surface area (Å²) in [6.45, 7) is 5.68. The SMILES string of the molecule is Cc1ccc(-c2nc(S[C@@H](C)C(=O)N3CCC(Cc4ccccc4)CC3)n[nH]2)cc1. The lowest BCUT2D eigenvalue weighted by atomic mass is 9.90. The van der Waals surface area contributed by atoms with Gasteiger partial charge in [-0.05, 0) is 44.6 Å². The molecule has 1 fully saturated rings. The predicted octanol–water partition coefficient (Wildman–Crippen LogP) is 4.74. The Morgan fingerprint density at radius 1 is 1.13 bits per heavy atom. The number of carbonyl (C=O) groups excluding carboxylic acids is 1. The van der Waals surface area contributed by atoms with Gasteiger partial charge in [-0.2, -0.15) is 0 Å². The summed E-state index contributed by atoms with van der Waals surface area (Å²) in [5, 5.41) is 7.70. The number of likely N-dealkylation sites (tertiary alicyclic amines) is 1. The number of hydrogen-bond donors (Lipinski definition) is 1. The van der Waals surface area contributed by atoms with Crippen LogP contribution in [0.4, 0.5) is 0 Å². The molecule has 0 spiro atoms. The fourth-order valence-electron chi connectivity index (χ4n) is 3.91. The largest absolute Gasteiger partial charge is 0.342 e. The maximum absolute atomic E-state index is 12.9. The van der Waals surface area contributed by atoms with Gasteiger partial charge in [0.15, 0.2) is 5.82 Å². The van der Waals surface area contributed by atoms with Gasteiger partial charge in [-0.25, -0.2) is 4.98 Å². The van der Waals surface area contributed by atoms with E-state index in [1.165, 1.54) is 22.9 Å². The number of aryl methyl sites for hydroxylation is 1. The van der Waals surface area contributed by atoms with Crippen molar-refractivity contribution in [2.45, 2.75) is 43.5 Å². The van der Waals surface area contributed by atoms with E-state index in [-0.39, 0.29) is 11.2 Å². The molecule has 30 heavy (non-hydrogen) atoms. The van der Waals surface area contributed by atoms with E-state index in [1.54, 1.807) is 0 Å². The zero-order chi connectivity index (χ0) is 20.9. The van der Waals surface area contributed by atoms with Gasteiger partial charge in [0.25, 0.3) is 0 Å². The molecule has 6 heteroatoms. The molecule has 4 rings (SSSR count). The summed E-state index contributed by atoms with van der Waals surface area (Å²) in [5.41, 5.74) is 3.60. The van der Waals surface area contributed by atoms with E-state index in [9.17, 15) is 4.79 Å². The summed E-state index contributed by atoms with van der Waals surface area (Å²) in [6.07, 6.45) is 3.23. The highest BCUT2D eigenvalue weighted by Crippen LogP contribution is 2.27. The van der Waals surface area contributed by atoms with Crippen molar-refractivity contribution in [3.63, 3.8) is 0 Å². The molecule has 0 radical (unpaired) electrons. The van der Waals surface area contributed by atoms with Crippen molar-refractivity contribution in [3.8, 4) is 11.4 Å². The quantitative estimate of drug-likeness (QED) is 0.585. The Morgan fingerprint density at radius 2 is 1.83 bits per heavy atom. The van der Waals surface area contributed by atoms with Gasteiger partial charge in [0.1, 0.15) is 0 Å². The molecule has 1 saturated heterocycles. The van der Waals surface area contributed by atoms with Crippen LogP contribution < -0.4 is 0 Å². The van der Waals surface area contributed by atoms with Crippen LogP contribution in [0.15, 0.2) is 59.8 Å². The highest BCUT2D eigenvalue weighted by molar-refractivity contribution is 8.00. The van der Waals surface area contributed by atoms with Gasteiger partial charge < -0.3 is 4.90 Å². The number of aromatic nitrogens is 3. The summed E-state index contributed by atoms with van der Waals surface area (Å²) in [5.74, 6) is 1.57. The molecule has 1 atom stereocenters. The molecule has 0 bridgehead atoms. The molecular weight excluding hydrogens is 392 g/mol. The van der Waals surface area contributed by atoms with Crippen LogP contribution in [-0.2, 0) is 11.2 Å². The average Bonchev–Trinajstić information content (AvgIpc) is 3.23. The Morgan fingerprint density at radius 3 is 2.53 bits per heavy atom. The number of amides is 1. The maximum atomic E-state index is 12.9. The predicted molar refractivity (Wildman–Crippen MR) is 121 cm³/mol. The molecule has 0 saturated carbocycles. The van der Waals surface area contributed by atoms with Crippen LogP contribution in [-0.4, -0.2) is 44.3 Å². The van der Waals surface area contributed by atoms with E-state index in [4.69, 9.17) is 0 Å². The number of aromatic amines is 1. The minimum atomic E-state index is -0.197. The molecule has 2 aromatic carbocycles. The normalized spacial score (nSPS) is 15.9. The number of nitrogens with zero attached hydrogens (tertiary/aromatic N) is 3. The van der Waals surface area contributed by atoms with Crippen LogP contribution in [0, 0.1) is 12.8 Å². The molecule has 1 aromatic heterocycles. The Balaban J connectivity index is 1.29. The smallest absolute Gasteiger partial charge is 0.235 e. The van der Waals surface area contributed by atoms with Gasteiger partial charge in [-0.15, -0.1) is 5.10 Å². The van der Waals surface area contributed by atoms with Gasteiger partial charge in [0, 0.05) is 18.7 Å². The first-order chi connectivity index (χ1) is 14.6. The van der Waals surface area contributed by atoms with Crippen LogP contribution in [0.25, 0.3) is 11.4 Å². The van der Waals surface area contributed by atoms with Crippen LogP contribution in [0.1, 0.15) is 30.9 Å². The maximum Gasteiger partial charge on any atom is 0.235 e. The summed E-state index contributed by atoms with van der Waals surface area (Å²) >= 11 is 1.42. The molecule has 156 valence electrons. The van der Waals surface area contributed by atoms with Gasteiger partial charge in [-0.3, -0.25) is 9.89 Å². The minimum absolute atomic E-state index is 0.180. The number of benzene rings is 2. The van der Waals surface area contributed by atoms with Crippen molar-refractivity contribution in [2.24, 2.45) is 5.92 Å². The molecule has 1 aliphatic rings. The monoisotopic (exact) mass is 420 g/mol. The third kappa shape index (κ3) is 5.11. The van der Waals surface area contributed by atoms with Crippen molar-refractivity contribution in [1.29, 1.82) is 0 Å². The minimum Gasteiger partial charge on any atom is -0.342 e. The van der Waals surface area contributed by atoms with E-state index in [0.717, 1.165) is 43.7 Å². The molecule has 2 heterocycles. The summed E-state index contributed by atoms with van der Waals surface area (Å²) in [6, 6.07) is 18.8. The van der Waals surface area contributed by atoms with Gasteiger partial charge in [0.2, 0.25) is 11.1 Å². The number of thioether (sulfide) groups is 1. The lowest BCUT2D eigenvalue weighted by Crippen LogP contribution is -2.42. The van der Waals surface area contributed by atoms with Crippen molar-refractivity contribution < 1.29 is 4.79 Å². The zero-order valence-corrected chi connectivity index (χ0v) is 18.4. The van der Waals surface area contributed by atoms with E-state index in [0.29, 0.717) is 11.1 Å². The fraction of sp³-hybridized carbons (Fsp3) is 0.375. The highest BCUT2D eigenvalue weighted by Gasteiger charge is 2.27. The molecule has 1 amide bonds. The molecule has 1 aliphatic heterocycles. The van der Waals surface area contributed by atoms with E-state index in [1.807, 2.05) is 24.0 Å². The third-order valence-corrected chi connectivity index (χ3v) is 6.66. The van der Waals surface area contributed by atoms with E-state index < -0.39 is 0 Å². The van der Waals surface area contributed by atoms with Crippen molar-refractivity contribution in [1.82, 2.24) is 20.1 Å². The summed E-state index contributed by atoms with van der Waals surface area (Å²) in [4.78, 5) is 19.5. The second kappa shape index (κ2) is 9.47. The first-order valence-electron chi connectivity index (χ1n) is 10.6. The molecule has 5 nitrogen and oxygen atoms in total. The van der Waals surface area contributed by atoms with Crippen LogP contribution >= 0.6 is 11.8 Å². The lowest BCUT2D eigenvalue weighted by Gasteiger charge is -2.33. The fourth-order valence-corrected chi connectivity index (χ4v) is 4.72. The van der Waals surface area contributed by atoms with E-state index >= 15 is 0 Å². The van der Waals surface area contributed by atoms with Crippen molar-refractivity contribution >= 4 is 17.7 Å². The van der Waals surface area contributed by atoms with Crippen molar-refractivity contribution in [3.05, 3.63) is 65.7 Å². The highest BCUT2D eigenvalue weighted by atomic mass is 32.2. The molecule has 1 N–H and O–H groups in total. The topological polar surface area (TPSA) is 61.9 Å². The van der Waals surface area contributed by atoms with Gasteiger partial charge in [0.05, 0.1) is 5.25 Å². The van der Waals surface area contributed by atoms with E-state index in [2.05, 4.69) is 64.6 Å². The number of carbonyl (C=O) groups is 1. The molecule has 0 aliphatic carbocycles. The van der Waals surface area contributed by atoms with Crippen LogP contribution in [0.2, 0.25) is 0 Å². The van der Waals surface area contributed by atoms with Gasteiger partial charge >= 0.3 is 0 Å². The summed E-state index contributed by atoms with van der Waals surface area (Å²) < 4.78 is 0. The Bertz CT molecular complexity index is 962. The standard InChI is InChI=1S/C24H28N4OS/c1-17-8-10-21(11-9-17)22-25-24(27-26-22)30-18(2)23(29)28-14-12-20(13-15-28)16-19-6-4-3-5-7-19/h3-11,18,20H,12-16H2,1-2H3,(H,25,26,27)/t18-/m0/s1. The Hall–Kier alpha value is -2.60. The second-order valence-corrected chi connectivity index (χ2v) is 9.36. The molecular formula is C24H28N4OS. The van der Waals surface area contributed by atoms with Crippen molar-refractivity contribution in [2.75, 3.05) is 13.1 Å². The first-order valence-corrected chi connectivity index (χ1v) is 11.5. The zero-order valence-electron chi connectivity index (χ0n) is 17.5. The first kappa shape index (κ1) is 20.7. The number of nitrogens with one attached hydrogen (secondary N) is 1. The van der Waals surface area contributed by atoms with Crippen LogP contribution in [0.5, 0.6) is 0 Å². The number of hydrogen-bond acceptors (Lipinski definition) is 4. The Kier molecular flexibility index (Phi) is 6.53.